The molecule has 1 saturated carbocycles. The molecule has 0 saturated heterocycles. The summed E-state index contributed by atoms with van der Waals surface area (Å²) in [5.41, 5.74) is 0.801. The van der Waals surface area contributed by atoms with Crippen molar-refractivity contribution in [2.24, 2.45) is 0 Å². The van der Waals surface area contributed by atoms with Gasteiger partial charge in [0.05, 0.1) is 6.54 Å². The van der Waals surface area contributed by atoms with E-state index in [-0.39, 0.29) is 31.5 Å². The summed E-state index contributed by atoms with van der Waals surface area (Å²) in [5.74, 6) is -0.429. The molecule has 2 rings (SSSR count). The molecule has 1 unspecified atom stereocenters. The molecule has 1 atom stereocenters. The smallest absolute Gasteiger partial charge is 0.389 e. The summed E-state index contributed by atoms with van der Waals surface area (Å²) in [4.78, 5) is 25.7. The Morgan fingerprint density at radius 3 is 2.39 bits per heavy atom. The van der Waals surface area contributed by atoms with Crippen LogP contribution in [-0.4, -0.2) is 66.6 Å². The third-order valence-corrected chi connectivity index (χ3v) is 6.23. The number of amides is 2. The van der Waals surface area contributed by atoms with Crippen molar-refractivity contribution in [3.63, 3.8) is 0 Å². The Morgan fingerprint density at radius 2 is 1.78 bits per heavy atom. The fourth-order valence-electron chi connectivity index (χ4n) is 4.26. The molecule has 2 amide bonds. The maximum Gasteiger partial charge on any atom is 0.389 e. The van der Waals surface area contributed by atoms with Crippen molar-refractivity contribution < 1.29 is 37.3 Å². The second-order valence-corrected chi connectivity index (χ2v) is 9.18. The number of alkyl halides is 3. The second kappa shape index (κ2) is 15.6. The van der Waals surface area contributed by atoms with Gasteiger partial charge in [0, 0.05) is 32.0 Å². The van der Waals surface area contributed by atoms with Crippen LogP contribution in [0.4, 0.5) is 18.0 Å². The minimum absolute atomic E-state index is 0.0520. The zero-order valence-electron chi connectivity index (χ0n) is 21.0. The zero-order chi connectivity index (χ0) is 26.4. The third-order valence-electron chi connectivity index (χ3n) is 6.23. The summed E-state index contributed by atoms with van der Waals surface area (Å²) in [6.07, 6.45) is 0.541. The maximum atomic E-state index is 12.9. The number of unbranched alkanes of at least 4 members (excludes halogenated alkanes) is 2. The van der Waals surface area contributed by atoms with Crippen LogP contribution in [0.5, 0.6) is 5.75 Å². The maximum absolute atomic E-state index is 12.9. The summed E-state index contributed by atoms with van der Waals surface area (Å²) in [7, 11) is 0. The molecule has 36 heavy (non-hydrogen) atoms. The fraction of sp³-hybridized carbons (Fsp3) is 0.692. The third kappa shape index (κ3) is 12.0. The number of ether oxygens (including phenoxy) is 2. The monoisotopic (exact) mass is 516 g/mol. The van der Waals surface area contributed by atoms with Crippen molar-refractivity contribution in [3.05, 3.63) is 29.8 Å². The Morgan fingerprint density at radius 1 is 1.08 bits per heavy atom. The first-order valence-electron chi connectivity index (χ1n) is 12.9. The van der Waals surface area contributed by atoms with Crippen LogP contribution in [-0.2, 0) is 16.0 Å². The molecule has 0 aromatic heterocycles. The van der Waals surface area contributed by atoms with E-state index in [1.807, 2.05) is 0 Å². The van der Waals surface area contributed by atoms with Gasteiger partial charge in [-0.2, -0.15) is 13.2 Å². The molecule has 0 spiro atoms. The molecule has 1 aliphatic carbocycles. The number of carboxylic acids is 1. The molecule has 1 aromatic carbocycles. The van der Waals surface area contributed by atoms with Gasteiger partial charge >= 0.3 is 18.2 Å². The van der Waals surface area contributed by atoms with Crippen LogP contribution >= 0.6 is 0 Å². The predicted octanol–water partition coefficient (Wildman–Crippen LogP) is 5.56. The quantitative estimate of drug-likeness (QED) is 0.298. The van der Waals surface area contributed by atoms with Crippen LogP contribution in [0.2, 0.25) is 0 Å². The number of hydrogen-bond donors (Lipinski definition) is 2. The van der Waals surface area contributed by atoms with Gasteiger partial charge in [0.25, 0.3) is 0 Å². The Hall–Kier alpha value is -2.49. The molecule has 7 nitrogen and oxygen atoms in total. The van der Waals surface area contributed by atoms with Gasteiger partial charge in [-0.05, 0) is 50.3 Å². The number of benzene rings is 1. The van der Waals surface area contributed by atoms with Gasteiger partial charge in [0.1, 0.15) is 12.4 Å². The molecule has 0 bridgehead atoms. The first kappa shape index (κ1) is 29.7. The van der Waals surface area contributed by atoms with Crippen molar-refractivity contribution in [2.45, 2.75) is 89.5 Å². The van der Waals surface area contributed by atoms with Gasteiger partial charge in [-0.15, -0.1) is 0 Å². The van der Waals surface area contributed by atoms with E-state index < -0.39 is 24.7 Å². The number of halogens is 3. The van der Waals surface area contributed by atoms with Crippen LogP contribution in [0.25, 0.3) is 0 Å². The van der Waals surface area contributed by atoms with Crippen LogP contribution in [0.15, 0.2) is 24.3 Å². The first-order valence-corrected chi connectivity index (χ1v) is 12.9. The number of carbonyl (C=O) groups is 2. The number of nitrogens with one attached hydrogen (secondary N) is 1. The van der Waals surface area contributed by atoms with Crippen LogP contribution in [0.3, 0.4) is 0 Å². The van der Waals surface area contributed by atoms with Crippen molar-refractivity contribution in [1.29, 1.82) is 0 Å². The van der Waals surface area contributed by atoms with E-state index in [1.54, 1.807) is 36.1 Å². The van der Waals surface area contributed by atoms with E-state index in [0.717, 1.165) is 31.2 Å². The highest BCUT2D eigenvalue weighted by Gasteiger charge is 2.26. The summed E-state index contributed by atoms with van der Waals surface area (Å²) in [6, 6.07) is 6.97. The SMILES string of the molecule is CCOC(Cc1ccc(OCCN(CCCCCC(F)(F)F)C(=O)NC2CCCCC2)cc1)C(=O)O. The Balaban J connectivity index is 1.84. The van der Waals surface area contributed by atoms with Crippen LogP contribution in [0.1, 0.15) is 70.3 Å². The van der Waals surface area contributed by atoms with Gasteiger partial charge in [0.15, 0.2) is 6.10 Å². The van der Waals surface area contributed by atoms with Crippen molar-refractivity contribution in [2.75, 3.05) is 26.3 Å². The molecule has 0 radical (unpaired) electrons. The molecule has 10 heteroatoms. The van der Waals surface area contributed by atoms with E-state index in [1.165, 1.54) is 6.42 Å². The second-order valence-electron chi connectivity index (χ2n) is 9.18. The summed E-state index contributed by atoms with van der Waals surface area (Å²) < 4.78 is 48.2. The molecule has 2 N–H and O–H groups in total. The Kier molecular flexibility index (Phi) is 12.9. The molecular weight excluding hydrogens is 477 g/mol. The molecular formula is C26H39F3N2O5. The molecule has 0 aliphatic heterocycles. The minimum atomic E-state index is -4.15. The van der Waals surface area contributed by atoms with Crippen molar-refractivity contribution in [3.8, 4) is 5.75 Å². The van der Waals surface area contributed by atoms with Gasteiger partial charge < -0.3 is 24.8 Å². The zero-order valence-corrected chi connectivity index (χ0v) is 21.0. The average Bonchev–Trinajstić information content (AvgIpc) is 2.83. The summed E-state index contributed by atoms with van der Waals surface area (Å²) >= 11 is 0. The van der Waals surface area contributed by atoms with E-state index in [9.17, 15) is 27.9 Å². The number of aliphatic carboxylic acids is 1. The predicted molar refractivity (Wildman–Crippen MR) is 130 cm³/mol. The minimum Gasteiger partial charge on any atom is -0.492 e. The van der Waals surface area contributed by atoms with Crippen LogP contribution in [0, 0.1) is 0 Å². The summed E-state index contributed by atoms with van der Waals surface area (Å²) in [5, 5.41) is 12.3. The lowest BCUT2D eigenvalue weighted by Gasteiger charge is -2.28. The van der Waals surface area contributed by atoms with Crippen molar-refractivity contribution >= 4 is 12.0 Å². The number of hydrogen-bond acceptors (Lipinski definition) is 4. The topological polar surface area (TPSA) is 88.1 Å². The molecule has 204 valence electrons. The number of carboxylic acid groups (broad SMARTS) is 1. The summed E-state index contributed by atoms with van der Waals surface area (Å²) in [6.45, 7) is 2.97. The van der Waals surface area contributed by atoms with Gasteiger partial charge in [-0.1, -0.05) is 37.8 Å². The molecule has 1 aromatic rings. The molecule has 0 heterocycles. The lowest BCUT2D eigenvalue weighted by atomic mass is 9.96. The lowest BCUT2D eigenvalue weighted by molar-refractivity contribution is -0.150. The highest BCUT2D eigenvalue weighted by Crippen LogP contribution is 2.23. The normalized spacial score (nSPS) is 15.3. The van der Waals surface area contributed by atoms with Crippen LogP contribution < -0.4 is 10.1 Å². The van der Waals surface area contributed by atoms with Gasteiger partial charge in [-0.3, -0.25) is 0 Å². The number of urea groups is 1. The van der Waals surface area contributed by atoms with E-state index >= 15 is 0 Å². The van der Waals surface area contributed by atoms with Crippen molar-refractivity contribution in [1.82, 2.24) is 10.2 Å². The highest BCUT2D eigenvalue weighted by atomic mass is 19.4. The number of carbonyl (C=O) groups excluding carboxylic acids is 1. The fourth-order valence-corrected chi connectivity index (χ4v) is 4.26. The van der Waals surface area contributed by atoms with E-state index in [0.29, 0.717) is 38.3 Å². The Labute approximate surface area is 211 Å². The number of rotatable bonds is 15. The van der Waals surface area contributed by atoms with Gasteiger partial charge in [0.2, 0.25) is 0 Å². The van der Waals surface area contributed by atoms with E-state index in [2.05, 4.69) is 5.32 Å². The van der Waals surface area contributed by atoms with E-state index in [4.69, 9.17) is 9.47 Å². The average molecular weight is 517 g/mol. The highest BCUT2D eigenvalue weighted by molar-refractivity contribution is 5.74. The first-order chi connectivity index (χ1) is 17.2. The largest absolute Gasteiger partial charge is 0.492 e. The Bertz CT molecular complexity index is 783. The standard InChI is InChI=1S/C26H39F3N2O5/c1-2-35-23(24(32)33)19-20-11-13-22(14-12-20)36-18-17-31(16-8-4-7-15-26(27,28)29)25(34)30-21-9-5-3-6-10-21/h11-14,21,23H,2-10,15-19H2,1H3,(H,30,34)(H,32,33). The lowest BCUT2D eigenvalue weighted by Crippen LogP contribution is -2.47. The molecule has 1 aliphatic rings. The number of nitrogens with zero attached hydrogens (tertiary/aromatic N) is 1. The molecule has 1 fully saturated rings. The van der Waals surface area contributed by atoms with Gasteiger partial charge in [-0.25, -0.2) is 9.59 Å².